The van der Waals surface area contributed by atoms with Crippen molar-refractivity contribution in [1.29, 1.82) is 0 Å². The molecule has 0 spiro atoms. The molecule has 2 heteroatoms. The van der Waals surface area contributed by atoms with Crippen LogP contribution in [0.2, 0.25) is 0 Å². The monoisotopic (exact) mass is 199 g/mol. The standard InChI is InChI=1S/C12H25NO/c1-10-7-8-14-12(9-10)6-4-3-5-11(2)13/h10-12H,3-9,13H2,1-2H3. The first kappa shape index (κ1) is 12.0. The third-order valence-electron chi connectivity index (χ3n) is 3.07. The van der Waals surface area contributed by atoms with E-state index in [1.807, 2.05) is 0 Å². The minimum atomic E-state index is 0.362. The van der Waals surface area contributed by atoms with Gasteiger partial charge < -0.3 is 10.5 Å². The average Bonchev–Trinajstić information content (AvgIpc) is 2.12. The van der Waals surface area contributed by atoms with Gasteiger partial charge in [-0.2, -0.15) is 0 Å². The smallest absolute Gasteiger partial charge is 0.0577 e. The third kappa shape index (κ3) is 4.97. The van der Waals surface area contributed by atoms with Gasteiger partial charge in [0.2, 0.25) is 0 Å². The van der Waals surface area contributed by atoms with Gasteiger partial charge in [0.1, 0.15) is 0 Å². The summed E-state index contributed by atoms with van der Waals surface area (Å²) < 4.78 is 5.72. The Morgan fingerprint density at radius 2 is 2.21 bits per heavy atom. The van der Waals surface area contributed by atoms with Crippen molar-refractivity contribution in [3.8, 4) is 0 Å². The van der Waals surface area contributed by atoms with Crippen molar-refractivity contribution in [3.63, 3.8) is 0 Å². The topological polar surface area (TPSA) is 35.2 Å². The summed E-state index contributed by atoms with van der Waals surface area (Å²) in [5.74, 6) is 0.863. The molecule has 2 N–H and O–H groups in total. The SMILES string of the molecule is CC(N)CCCCC1CC(C)CCO1. The molecule has 1 aliphatic rings. The van der Waals surface area contributed by atoms with Crippen LogP contribution in [0.5, 0.6) is 0 Å². The summed E-state index contributed by atoms with van der Waals surface area (Å²) in [6.07, 6.45) is 7.96. The van der Waals surface area contributed by atoms with Crippen molar-refractivity contribution < 1.29 is 4.74 Å². The molecule has 3 atom stereocenters. The molecule has 0 radical (unpaired) electrons. The molecule has 84 valence electrons. The first-order chi connectivity index (χ1) is 6.68. The minimum absolute atomic E-state index is 0.362. The number of unbranched alkanes of at least 4 members (excludes halogenated alkanes) is 1. The molecule has 0 bridgehead atoms. The highest BCUT2D eigenvalue weighted by atomic mass is 16.5. The lowest BCUT2D eigenvalue weighted by Gasteiger charge is -2.27. The van der Waals surface area contributed by atoms with Gasteiger partial charge in [0.05, 0.1) is 6.10 Å². The molecule has 1 fully saturated rings. The Morgan fingerprint density at radius 1 is 1.43 bits per heavy atom. The molecule has 0 saturated carbocycles. The van der Waals surface area contributed by atoms with Crippen molar-refractivity contribution in [1.82, 2.24) is 0 Å². The molecular weight excluding hydrogens is 174 g/mol. The highest BCUT2D eigenvalue weighted by molar-refractivity contribution is 4.69. The van der Waals surface area contributed by atoms with Gasteiger partial charge in [0.15, 0.2) is 0 Å². The second kappa shape index (κ2) is 6.41. The van der Waals surface area contributed by atoms with Crippen LogP contribution in [0.25, 0.3) is 0 Å². The molecule has 2 nitrogen and oxygen atoms in total. The summed E-state index contributed by atoms with van der Waals surface area (Å²) in [4.78, 5) is 0. The van der Waals surface area contributed by atoms with Gasteiger partial charge in [-0.05, 0) is 38.5 Å². The molecule has 1 heterocycles. The van der Waals surface area contributed by atoms with Gasteiger partial charge in [-0.15, -0.1) is 0 Å². The molecule has 0 amide bonds. The summed E-state index contributed by atoms with van der Waals surface area (Å²) in [6.45, 7) is 5.38. The zero-order valence-electron chi connectivity index (χ0n) is 9.67. The number of rotatable bonds is 5. The van der Waals surface area contributed by atoms with E-state index in [4.69, 9.17) is 10.5 Å². The minimum Gasteiger partial charge on any atom is -0.378 e. The summed E-state index contributed by atoms with van der Waals surface area (Å²) in [5, 5.41) is 0. The lowest BCUT2D eigenvalue weighted by molar-refractivity contribution is -0.0105. The van der Waals surface area contributed by atoms with Gasteiger partial charge in [-0.25, -0.2) is 0 Å². The van der Waals surface area contributed by atoms with E-state index in [1.54, 1.807) is 0 Å². The third-order valence-corrected chi connectivity index (χ3v) is 3.07. The molecule has 0 aromatic heterocycles. The van der Waals surface area contributed by atoms with E-state index in [0.717, 1.165) is 18.9 Å². The summed E-state index contributed by atoms with van der Waals surface area (Å²) >= 11 is 0. The maximum atomic E-state index is 5.72. The summed E-state index contributed by atoms with van der Waals surface area (Å²) in [7, 11) is 0. The molecular formula is C12H25NO. The van der Waals surface area contributed by atoms with Crippen molar-refractivity contribution >= 4 is 0 Å². The largest absolute Gasteiger partial charge is 0.378 e. The molecule has 0 aromatic rings. The lowest BCUT2D eigenvalue weighted by atomic mass is 9.94. The highest BCUT2D eigenvalue weighted by Gasteiger charge is 2.18. The van der Waals surface area contributed by atoms with Crippen LogP contribution < -0.4 is 5.73 Å². The Labute approximate surface area is 88.2 Å². The van der Waals surface area contributed by atoms with Crippen LogP contribution in [0, 0.1) is 5.92 Å². The van der Waals surface area contributed by atoms with Crippen LogP contribution in [0.1, 0.15) is 52.4 Å². The van der Waals surface area contributed by atoms with Crippen molar-refractivity contribution in [2.45, 2.75) is 64.5 Å². The Kier molecular flexibility index (Phi) is 5.49. The fraction of sp³-hybridized carbons (Fsp3) is 1.00. The molecule has 0 aliphatic carbocycles. The predicted octanol–water partition coefficient (Wildman–Crippen LogP) is 2.71. The van der Waals surface area contributed by atoms with Crippen LogP contribution in [-0.2, 0) is 4.74 Å². The van der Waals surface area contributed by atoms with Crippen LogP contribution >= 0.6 is 0 Å². The molecule has 1 rings (SSSR count). The van der Waals surface area contributed by atoms with Gasteiger partial charge >= 0.3 is 0 Å². The summed E-state index contributed by atoms with van der Waals surface area (Å²) in [5.41, 5.74) is 5.70. The number of hydrogen-bond donors (Lipinski definition) is 1. The zero-order valence-corrected chi connectivity index (χ0v) is 9.67. The fourth-order valence-corrected chi connectivity index (χ4v) is 2.11. The van der Waals surface area contributed by atoms with E-state index in [2.05, 4.69) is 13.8 Å². The lowest BCUT2D eigenvalue weighted by Crippen LogP contribution is -2.24. The maximum Gasteiger partial charge on any atom is 0.0577 e. The first-order valence-electron chi connectivity index (χ1n) is 6.05. The quantitative estimate of drug-likeness (QED) is 0.691. The highest BCUT2D eigenvalue weighted by Crippen LogP contribution is 2.23. The van der Waals surface area contributed by atoms with E-state index in [1.165, 1.54) is 32.1 Å². The summed E-state index contributed by atoms with van der Waals surface area (Å²) in [6, 6.07) is 0.362. The molecule has 1 aliphatic heterocycles. The van der Waals surface area contributed by atoms with E-state index in [-0.39, 0.29) is 0 Å². The van der Waals surface area contributed by atoms with E-state index in [0.29, 0.717) is 12.1 Å². The Hall–Kier alpha value is -0.0800. The molecule has 1 saturated heterocycles. The maximum absolute atomic E-state index is 5.72. The second-order valence-electron chi connectivity index (χ2n) is 4.88. The van der Waals surface area contributed by atoms with Crippen LogP contribution in [0.15, 0.2) is 0 Å². The van der Waals surface area contributed by atoms with Gasteiger partial charge in [-0.3, -0.25) is 0 Å². The van der Waals surface area contributed by atoms with Gasteiger partial charge in [0.25, 0.3) is 0 Å². The van der Waals surface area contributed by atoms with Crippen LogP contribution in [-0.4, -0.2) is 18.8 Å². The first-order valence-corrected chi connectivity index (χ1v) is 6.05. The Morgan fingerprint density at radius 3 is 2.86 bits per heavy atom. The number of nitrogens with two attached hydrogens (primary N) is 1. The van der Waals surface area contributed by atoms with Crippen LogP contribution in [0.4, 0.5) is 0 Å². The normalized spacial score (nSPS) is 30.2. The van der Waals surface area contributed by atoms with Gasteiger partial charge in [-0.1, -0.05) is 19.8 Å². The predicted molar refractivity (Wildman–Crippen MR) is 60.3 cm³/mol. The van der Waals surface area contributed by atoms with Crippen molar-refractivity contribution in [3.05, 3.63) is 0 Å². The molecule has 3 unspecified atom stereocenters. The molecule has 14 heavy (non-hydrogen) atoms. The van der Waals surface area contributed by atoms with Crippen molar-refractivity contribution in [2.75, 3.05) is 6.61 Å². The number of hydrogen-bond acceptors (Lipinski definition) is 2. The van der Waals surface area contributed by atoms with Crippen LogP contribution in [0.3, 0.4) is 0 Å². The fourth-order valence-electron chi connectivity index (χ4n) is 2.11. The Bertz CT molecular complexity index is 147. The van der Waals surface area contributed by atoms with E-state index < -0.39 is 0 Å². The Balaban J connectivity index is 2.00. The second-order valence-corrected chi connectivity index (χ2v) is 4.88. The van der Waals surface area contributed by atoms with Gasteiger partial charge in [0, 0.05) is 12.6 Å². The zero-order chi connectivity index (χ0) is 10.4. The average molecular weight is 199 g/mol. The molecule has 0 aromatic carbocycles. The number of ether oxygens (including phenoxy) is 1. The van der Waals surface area contributed by atoms with Crippen molar-refractivity contribution in [2.24, 2.45) is 11.7 Å². The van der Waals surface area contributed by atoms with E-state index >= 15 is 0 Å². The van der Waals surface area contributed by atoms with E-state index in [9.17, 15) is 0 Å².